The van der Waals surface area contributed by atoms with Gasteiger partial charge in [-0.1, -0.05) is 34.1 Å². The maximum Gasteiger partial charge on any atom is 0.175 e. The highest BCUT2D eigenvalue weighted by Crippen LogP contribution is 2.37. The van der Waals surface area contributed by atoms with Crippen molar-refractivity contribution in [3.05, 3.63) is 57.6 Å². The van der Waals surface area contributed by atoms with E-state index in [0.29, 0.717) is 23.7 Å². The van der Waals surface area contributed by atoms with Crippen LogP contribution in [-0.2, 0) is 11.9 Å². The van der Waals surface area contributed by atoms with Gasteiger partial charge < -0.3 is 9.47 Å². The third-order valence-electron chi connectivity index (χ3n) is 2.95. The summed E-state index contributed by atoms with van der Waals surface area (Å²) in [5.74, 6) is 1.29. The molecule has 0 aromatic heterocycles. The molecule has 0 fully saturated rings. The Bertz CT molecular complexity index is 680. The molecule has 0 heterocycles. The molecule has 0 aliphatic heterocycles. The number of hydrogen-bond donors (Lipinski definition) is 0. The van der Waals surface area contributed by atoms with Crippen LogP contribution >= 0.6 is 31.9 Å². The lowest BCUT2D eigenvalue weighted by atomic mass is 10.1. The number of ether oxygens (including phenoxy) is 2. The molecule has 2 rings (SSSR count). The van der Waals surface area contributed by atoms with Crippen molar-refractivity contribution in [3.8, 4) is 17.6 Å². The van der Waals surface area contributed by atoms with E-state index in [1.807, 2.05) is 30.3 Å². The Morgan fingerprint density at radius 3 is 2.67 bits per heavy atom. The molecule has 5 heteroatoms. The van der Waals surface area contributed by atoms with Crippen LogP contribution in [0.15, 0.2) is 40.9 Å². The highest BCUT2D eigenvalue weighted by molar-refractivity contribution is 9.10. The predicted molar refractivity (Wildman–Crippen MR) is 88.8 cm³/mol. The van der Waals surface area contributed by atoms with Crippen molar-refractivity contribution in [2.24, 2.45) is 0 Å². The van der Waals surface area contributed by atoms with E-state index in [0.717, 1.165) is 20.9 Å². The molecule has 3 nitrogen and oxygen atoms in total. The number of alkyl halides is 1. The summed E-state index contributed by atoms with van der Waals surface area (Å²) in [4.78, 5) is 0. The molecule has 0 aliphatic carbocycles. The molecule has 0 spiro atoms. The van der Waals surface area contributed by atoms with Crippen molar-refractivity contribution in [1.82, 2.24) is 0 Å². The number of nitrogens with zero attached hydrogens (tertiary/aromatic N) is 1. The molecule has 0 atom stereocenters. The molecule has 0 aliphatic rings. The van der Waals surface area contributed by atoms with Crippen molar-refractivity contribution in [2.75, 3.05) is 7.11 Å². The number of halogens is 2. The summed E-state index contributed by atoms with van der Waals surface area (Å²) in [5, 5.41) is 9.83. The van der Waals surface area contributed by atoms with Crippen LogP contribution < -0.4 is 9.47 Å². The van der Waals surface area contributed by atoms with Gasteiger partial charge >= 0.3 is 0 Å². The largest absolute Gasteiger partial charge is 0.493 e. The van der Waals surface area contributed by atoms with Crippen LogP contribution in [0.3, 0.4) is 0 Å². The van der Waals surface area contributed by atoms with E-state index >= 15 is 0 Å². The van der Waals surface area contributed by atoms with Gasteiger partial charge in [-0.3, -0.25) is 0 Å². The zero-order valence-electron chi connectivity index (χ0n) is 11.4. The van der Waals surface area contributed by atoms with E-state index in [2.05, 4.69) is 37.9 Å². The number of nitriles is 1. The summed E-state index contributed by atoms with van der Waals surface area (Å²) in [6, 6.07) is 13.4. The van der Waals surface area contributed by atoms with E-state index in [-0.39, 0.29) is 0 Å². The van der Waals surface area contributed by atoms with E-state index in [9.17, 15) is 0 Å². The van der Waals surface area contributed by atoms with Crippen LogP contribution in [0.2, 0.25) is 0 Å². The Hall–Kier alpha value is -1.51. The molecule has 0 unspecified atom stereocenters. The van der Waals surface area contributed by atoms with Gasteiger partial charge in [0.15, 0.2) is 11.5 Å². The monoisotopic (exact) mass is 409 g/mol. The average molecular weight is 411 g/mol. The minimum Gasteiger partial charge on any atom is -0.493 e. The molecule has 0 amide bonds. The number of benzene rings is 2. The topological polar surface area (TPSA) is 42.2 Å². The second-order valence-electron chi connectivity index (χ2n) is 4.30. The molecule has 21 heavy (non-hydrogen) atoms. The van der Waals surface area contributed by atoms with Crippen molar-refractivity contribution < 1.29 is 9.47 Å². The molecule has 2 aromatic carbocycles. The van der Waals surface area contributed by atoms with Crippen LogP contribution in [0.1, 0.15) is 16.7 Å². The van der Waals surface area contributed by atoms with Gasteiger partial charge in [-0.15, -0.1) is 0 Å². The lowest BCUT2D eigenvalue weighted by molar-refractivity contribution is 0.282. The second-order valence-corrected chi connectivity index (χ2v) is 5.72. The van der Waals surface area contributed by atoms with Gasteiger partial charge in [0.25, 0.3) is 0 Å². The van der Waals surface area contributed by atoms with Crippen LogP contribution in [0.4, 0.5) is 0 Å². The maximum atomic E-state index is 9.09. The molecule has 0 radical (unpaired) electrons. The standard InChI is InChI=1S/C16H13Br2NO2/c1-20-15-7-11(8-17)6-14(18)16(15)21-10-13-5-3-2-4-12(13)9-19/h2-7H,8,10H2,1H3. The minimum absolute atomic E-state index is 0.312. The van der Waals surface area contributed by atoms with Gasteiger partial charge in [0.2, 0.25) is 0 Å². The fourth-order valence-corrected chi connectivity index (χ4v) is 2.82. The molecule has 0 saturated carbocycles. The summed E-state index contributed by atoms with van der Waals surface area (Å²) in [7, 11) is 1.61. The van der Waals surface area contributed by atoms with Crippen LogP contribution in [0.25, 0.3) is 0 Å². The maximum absolute atomic E-state index is 9.09. The minimum atomic E-state index is 0.312. The first kappa shape index (κ1) is 15.9. The first-order valence-electron chi connectivity index (χ1n) is 6.22. The van der Waals surface area contributed by atoms with Gasteiger partial charge in [0.1, 0.15) is 6.61 Å². The molecule has 2 aromatic rings. The lowest BCUT2D eigenvalue weighted by Gasteiger charge is -2.14. The van der Waals surface area contributed by atoms with Crippen molar-refractivity contribution in [2.45, 2.75) is 11.9 Å². The number of rotatable bonds is 5. The zero-order chi connectivity index (χ0) is 15.2. The third-order valence-corrected chi connectivity index (χ3v) is 4.19. The van der Waals surface area contributed by atoms with Crippen LogP contribution in [-0.4, -0.2) is 7.11 Å². The highest BCUT2D eigenvalue weighted by atomic mass is 79.9. The zero-order valence-corrected chi connectivity index (χ0v) is 14.6. The average Bonchev–Trinajstić information content (AvgIpc) is 2.53. The van der Waals surface area contributed by atoms with Crippen LogP contribution in [0, 0.1) is 11.3 Å². The first-order chi connectivity index (χ1) is 10.2. The SMILES string of the molecule is COc1cc(CBr)cc(Br)c1OCc1ccccc1C#N. The summed E-state index contributed by atoms with van der Waals surface area (Å²) >= 11 is 6.92. The third kappa shape index (κ3) is 3.78. The first-order valence-corrected chi connectivity index (χ1v) is 8.14. The Labute approximate surface area is 140 Å². The lowest BCUT2D eigenvalue weighted by Crippen LogP contribution is -2.01. The molecular formula is C16H13Br2NO2. The summed E-state index contributed by atoms with van der Waals surface area (Å²) < 4.78 is 12.0. The van der Waals surface area contributed by atoms with E-state index < -0.39 is 0 Å². The molecule has 0 N–H and O–H groups in total. The molecular weight excluding hydrogens is 398 g/mol. The second kappa shape index (κ2) is 7.48. The predicted octanol–water partition coefficient (Wildman–Crippen LogP) is 4.80. The van der Waals surface area contributed by atoms with Crippen molar-refractivity contribution >= 4 is 31.9 Å². The molecule has 0 saturated heterocycles. The normalized spacial score (nSPS) is 10.0. The smallest absolute Gasteiger partial charge is 0.175 e. The fraction of sp³-hybridized carbons (Fsp3) is 0.188. The van der Waals surface area contributed by atoms with Gasteiger partial charge in [-0.2, -0.15) is 5.26 Å². The Morgan fingerprint density at radius 2 is 2.00 bits per heavy atom. The van der Waals surface area contributed by atoms with Crippen LogP contribution in [0.5, 0.6) is 11.5 Å². The van der Waals surface area contributed by atoms with E-state index in [1.165, 1.54) is 0 Å². The quantitative estimate of drug-likeness (QED) is 0.664. The summed E-state index contributed by atoms with van der Waals surface area (Å²) in [6.45, 7) is 0.312. The van der Waals surface area contributed by atoms with E-state index in [1.54, 1.807) is 13.2 Å². The Kier molecular flexibility index (Phi) is 5.66. The Balaban J connectivity index is 2.26. The highest BCUT2D eigenvalue weighted by Gasteiger charge is 2.12. The van der Waals surface area contributed by atoms with Gasteiger partial charge in [0.05, 0.1) is 23.2 Å². The van der Waals surface area contributed by atoms with Crippen molar-refractivity contribution in [3.63, 3.8) is 0 Å². The van der Waals surface area contributed by atoms with Crippen molar-refractivity contribution in [1.29, 1.82) is 5.26 Å². The van der Waals surface area contributed by atoms with Gasteiger partial charge in [0, 0.05) is 10.9 Å². The number of hydrogen-bond acceptors (Lipinski definition) is 3. The Morgan fingerprint density at radius 1 is 1.24 bits per heavy atom. The van der Waals surface area contributed by atoms with E-state index in [4.69, 9.17) is 14.7 Å². The van der Waals surface area contributed by atoms with Gasteiger partial charge in [-0.25, -0.2) is 0 Å². The number of methoxy groups -OCH3 is 1. The summed E-state index contributed by atoms with van der Waals surface area (Å²) in [5.41, 5.74) is 2.55. The fourth-order valence-electron chi connectivity index (χ4n) is 1.90. The molecule has 0 bridgehead atoms. The molecule has 108 valence electrons. The summed E-state index contributed by atoms with van der Waals surface area (Å²) in [6.07, 6.45) is 0. The van der Waals surface area contributed by atoms with Gasteiger partial charge in [-0.05, 0) is 39.7 Å².